The number of non-ortho nitro benzene ring substituents is 1. The Morgan fingerprint density at radius 3 is 2.90 bits per heavy atom. The fourth-order valence-corrected chi connectivity index (χ4v) is 3.96. The van der Waals surface area contributed by atoms with Gasteiger partial charge in [-0.05, 0) is 36.1 Å². The lowest BCUT2D eigenvalue weighted by atomic mass is 10.2. The van der Waals surface area contributed by atoms with Crippen LogP contribution in [0.4, 0.5) is 10.5 Å². The normalized spacial score (nSPS) is 21.7. The second-order valence-electron chi connectivity index (χ2n) is 6.50. The van der Waals surface area contributed by atoms with Gasteiger partial charge in [0.2, 0.25) is 0 Å². The van der Waals surface area contributed by atoms with Crippen LogP contribution in [0, 0.1) is 10.1 Å². The smallest absolute Gasteiger partial charge is 0.410 e. The van der Waals surface area contributed by atoms with Crippen molar-refractivity contribution >= 4 is 42.7 Å². The van der Waals surface area contributed by atoms with Gasteiger partial charge in [-0.15, -0.1) is 0 Å². The molecule has 0 spiro atoms. The molecule has 10 nitrogen and oxygen atoms in total. The quantitative estimate of drug-likeness (QED) is 0.220. The van der Waals surface area contributed by atoms with E-state index < -0.39 is 11.0 Å². The third-order valence-electron chi connectivity index (χ3n) is 4.37. The minimum absolute atomic E-state index is 0.00231. The van der Waals surface area contributed by atoms with Gasteiger partial charge in [0.05, 0.1) is 11.0 Å². The Hall–Kier alpha value is -2.44. The van der Waals surface area contributed by atoms with Crippen LogP contribution in [0.2, 0.25) is 0 Å². The van der Waals surface area contributed by atoms with Gasteiger partial charge in [-0.2, -0.15) is 17.7 Å². The van der Waals surface area contributed by atoms with Crippen LogP contribution in [-0.2, 0) is 11.3 Å². The summed E-state index contributed by atoms with van der Waals surface area (Å²) < 4.78 is 7.18. The maximum atomic E-state index is 12.5. The van der Waals surface area contributed by atoms with Crippen molar-refractivity contribution in [2.75, 3.05) is 19.3 Å². The molecule has 1 amide bonds. The van der Waals surface area contributed by atoms with Crippen LogP contribution in [0.1, 0.15) is 12.0 Å². The van der Waals surface area contributed by atoms with Gasteiger partial charge >= 0.3 is 6.09 Å². The summed E-state index contributed by atoms with van der Waals surface area (Å²) in [5, 5.41) is 16.5. The molecule has 0 aromatic heterocycles. The Morgan fingerprint density at radius 1 is 1.48 bits per heavy atom. The summed E-state index contributed by atoms with van der Waals surface area (Å²) in [4.78, 5) is 24.4. The van der Waals surface area contributed by atoms with Crippen LogP contribution in [0.15, 0.2) is 41.5 Å². The molecule has 2 aliphatic rings. The van der Waals surface area contributed by atoms with Crippen LogP contribution in [0.5, 0.6) is 0 Å². The van der Waals surface area contributed by atoms with Crippen molar-refractivity contribution in [2.45, 2.75) is 24.3 Å². The molecule has 12 heteroatoms. The van der Waals surface area contributed by atoms with Crippen molar-refractivity contribution in [3.8, 4) is 0 Å². The molecule has 1 N–H and O–H groups in total. The molecule has 0 saturated carbocycles. The van der Waals surface area contributed by atoms with E-state index >= 15 is 0 Å². The first-order valence-corrected chi connectivity index (χ1v) is 10.4. The van der Waals surface area contributed by atoms with Crippen molar-refractivity contribution in [3.63, 3.8) is 0 Å². The number of ether oxygens (including phenoxy) is 1. The standard InChI is InChI=1S/C17H22N6O4S2/c1-20-12-18-19-23(20)29-8-2-3-15-9-16(28)10-21(15)17(24)27-11-13-4-6-14(7-5-13)22(25)26/h2-7,12,15-16,19,28H,8-11H2,1H3/b3-2+/t15-,16+/m1/s1. The fraction of sp³-hybridized carbons (Fsp3) is 0.412. The summed E-state index contributed by atoms with van der Waals surface area (Å²) in [6.07, 6.45) is 6.00. The summed E-state index contributed by atoms with van der Waals surface area (Å²) in [6.45, 7) is 0.568. The van der Waals surface area contributed by atoms with Gasteiger partial charge in [0.1, 0.15) is 12.9 Å². The fourth-order valence-electron chi connectivity index (χ4n) is 2.90. The maximum Gasteiger partial charge on any atom is 0.410 e. The maximum absolute atomic E-state index is 12.5. The number of benzene rings is 1. The number of amides is 1. The number of rotatable bonds is 7. The number of carbonyl (C=O) groups is 1. The van der Waals surface area contributed by atoms with Gasteiger partial charge in [0, 0.05) is 36.7 Å². The number of nitrogens with one attached hydrogen (secondary N) is 1. The third kappa shape index (κ3) is 5.78. The van der Waals surface area contributed by atoms with E-state index in [-0.39, 0.29) is 23.6 Å². The van der Waals surface area contributed by atoms with Crippen LogP contribution in [0.3, 0.4) is 0 Å². The number of nitro groups is 1. The lowest BCUT2D eigenvalue weighted by molar-refractivity contribution is -0.384. The Labute approximate surface area is 178 Å². The van der Waals surface area contributed by atoms with E-state index in [4.69, 9.17) is 4.74 Å². The van der Waals surface area contributed by atoms with Gasteiger partial charge in [-0.25, -0.2) is 10.3 Å². The average Bonchev–Trinajstić information content (AvgIpc) is 3.28. The highest BCUT2D eigenvalue weighted by Crippen LogP contribution is 2.24. The lowest BCUT2D eigenvalue weighted by Crippen LogP contribution is -2.35. The van der Waals surface area contributed by atoms with Crippen LogP contribution >= 0.6 is 24.6 Å². The van der Waals surface area contributed by atoms with Crippen molar-refractivity contribution in [2.24, 2.45) is 5.10 Å². The number of carbonyl (C=O) groups excluding carboxylic acids is 1. The van der Waals surface area contributed by atoms with Gasteiger partial charge in [-0.3, -0.25) is 15.1 Å². The number of hydrogen-bond donors (Lipinski definition) is 2. The second kappa shape index (κ2) is 9.85. The minimum atomic E-state index is -0.465. The van der Waals surface area contributed by atoms with Crippen LogP contribution < -0.4 is 5.53 Å². The minimum Gasteiger partial charge on any atom is -0.445 e. The van der Waals surface area contributed by atoms with Crippen molar-refractivity contribution in [1.29, 1.82) is 0 Å². The molecular formula is C17H22N6O4S2. The Kier molecular flexibility index (Phi) is 7.23. The number of hydrazine groups is 2. The van der Waals surface area contributed by atoms with Crippen molar-refractivity contribution < 1.29 is 14.5 Å². The molecule has 1 aromatic carbocycles. The predicted molar refractivity (Wildman–Crippen MR) is 114 cm³/mol. The van der Waals surface area contributed by atoms with Crippen LogP contribution in [0.25, 0.3) is 0 Å². The highest BCUT2D eigenvalue weighted by atomic mass is 32.2. The summed E-state index contributed by atoms with van der Waals surface area (Å²) in [7, 11) is 1.88. The molecule has 156 valence electrons. The van der Waals surface area contributed by atoms with E-state index in [1.165, 1.54) is 24.1 Å². The Balaban J connectivity index is 1.48. The van der Waals surface area contributed by atoms with Crippen LogP contribution in [-0.4, -0.2) is 62.4 Å². The first kappa shape index (κ1) is 21.3. The molecule has 1 saturated heterocycles. The highest BCUT2D eigenvalue weighted by Gasteiger charge is 2.33. The number of likely N-dealkylation sites (tertiary alicyclic amines) is 1. The summed E-state index contributed by atoms with van der Waals surface area (Å²) >= 11 is 6.04. The number of hydrazone groups is 1. The van der Waals surface area contributed by atoms with E-state index in [1.807, 2.05) is 24.2 Å². The van der Waals surface area contributed by atoms with Crippen molar-refractivity contribution in [1.82, 2.24) is 20.0 Å². The molecule has 1 aromatic rings. The van der Waals surface area contributed by atoms with E-state index in [9.17, 15) is 14.9 Å². The lowest BCUT2D eigenvalue weighted by Gasteiger charge is -2.22. The predicted octanol–water partition coefficient (Wildman–Crippen LogP) is 2.42. The number of hydrogen-bond acceptors (Lipinski definition) is 10. The van der Waals surface area contributed by atoms with Crippen molar-refractivity contribution in [3.05, 3.63) is 52.1 Å². The van der Waals surface area contributed by atoms with Gasteiger partial charge in [0.25, 0.3) is 5.69 Å². The average molecular weight is 439 g/mol. The van der Waals surface area contributed by atoms with E-state index in [2.05, 4.69) is 23.3 Å². The molecule has 2 atom stereocenters. The molecule has 1 fully saturated rings. The molecule has 29 heavy (non-hydrogen) atoms. The van der Waals surface area contributed by atoms with E-state index in [0.717, 1.165) is 6.42 Å². The third-order valence-corrected chi connectivity index (χ3v) is 5.67. The van der Waals surface area contributed by atoms with Gasteiger partial charge in [-0.1, -0.05) is 16.7 Å². The molecule has 0 radical (unpaired) electrons. The molecule has 0 unspecified atom stereocenters. The zero-order valence-corrected chi connectivity index (χ0v) is 17.5. The van der Waals surface area contributed by atoms with Gasteiger partial charge in [0.15, 0.2) is 0 Å². The molecule has 0 bridgehead atoms. The molecule has 2 aliphatic heterocycles. The second-order valence-corrected chi connectivity index (χ2v) is 8.17. The zero-order chi connectivity index (χ0) is 20.8. The topological polar surface area (TPSA) is 104 Å². The number of thiol groups is 1. The molecular weight excluding hydrogens is 416 g/mol. The number of nitrogens with zero attached hydrogens (tertiary/aromatic N) is 5. The zero-order valence-electron chi connectivity index (χ0n) is 15.7. The Morgan fingerprint density at radius 2 is 2.24 bits per heavy atom. The molecule has 2 heterocycles. The number of nitro benzene ring substituents is 1. The molecule has 3 rings (SSSR count). The highest BCUT2D eigenvalue weighted by molar-refractivity contribution is 7.97. The summed E-state index contributed by atoms with van der Waals surface area (Å²) in [6, 6.07) is 5.87. The van der Waals surface area contributed by atoms with E-state index in [1.54, 1.807) is 27.9 Å². The summed E-state index contributed by atoms with van der Waals surface area (Å²) in [5.74, 6) is 0.708. The monoisotopic (exact) mass is 438 g/mol. The first-order chi connectivity index (χ1) is 13.9. The summed E-state index contributed by atoms with van der Waals surface area (Å²) in [5.41, 5.74) is 3.53. The van der Waals surface area contributed by atoms with E-state index in [0.29, 0.717) is 17.9 Å². The molecule has 0 aliphatic carbocycles. The SMILES string of the molecule is CN1C=NNN1SC/C=C/[C@@H]1C[C@H](S)CN1C(=O)OCc1ccc([N+](=O)[O-])cc1. The first-order valence-electron chi connectivity index (χ1n) is 8.90. The van der Waals surface area contributed by atoms with Gasteiger partial charge < -0.3 is 9.64 Å². The largest absolute Gasteiger partial charge is 0.445 e. The Bertz CT molecular complexity index is 791.